The lowest BCUT2D eigenvalue weighted by molar-refractivity contribution is -0.140. The number of para-hydroxylation sites is 2. The molecule has 1 aliphatic heterocycles. The van der Waals surface area contributed by atoms with E-state index in [2.05, 4.69) is 20.7 Å². The van der Waals surface area contributed by atoms with Gasteiger partial charge in [-0.1, -0.05) is 12.1 Å². The molecule has 0 spiro atoms. The standard InChI is InChI=1S/C20H23N5O3/c26-18(17-10-27-15-3-1-2-4-16(15)28-17)23-19-6-13-5-14(7-19)9-20(8-13,11-19)25-22-12-21-24-25/h1-4,12-14,17H,5-11H2,(H,23,26)/t13-,14+,17-,19?,20?/m1/s1. The summed E-state index contributed by atoms with van der Waals surface area (Å²) in [4.78, 5) is 14.9. The van der Waals surface area contributed by atoms with Gasteiger partial charge in [0.15, 0.2) is 17.8 Å². The molecule has 2 unspecified atom stereocenters. The lowest BCUT2D eigenvalue weighted by atomic mass is 9.50. The summed E-state index contributed by atoms with van der Waals surface area (Å²) in [6.07, 6.45) is 7.19. The molecule has 146 valence electrons. The number of nitrogens with zero attached hydrogens (tertiary/aromatic N) is 4. The number of rotatable bonds is 3. The summed E-state index contributed by atoms with van der Waals surface area (Å²) < 4.78 is 11.7. The molecule has 0 saturated heterocycles. The van der Waals surface area contributed by atoms with Crippen LogP contribution < -0.4 is 14.8 Å². The quantitative estimate of drug-likeness (QED) is 0.870. The van der Waals surface area contributed by atoms with Gasteiger partial charge in [0.25, 0.3) is 5.91 Å². The van der Waals surface area contributed by atoms with Gasteiger partial charge in [-0.25, -0.2) is 0 Å². The first kappa shape index (κ1) is 16.3. The lowest BCUT2D eigenvalue weighted by Crippen LogP contribution is -2.67. The van der Waals surface area contributed by atoms with Gasteiger partial charge < -0.3 is 14.8 Å². The van der Waals surface area contributed by atoms with Crippen molar-refractivity contribution in [1.29, 1.82) is 0 Å². The number of carbonyl (C=O) groups excluding carboxylic acids is 1. The fraction of sp³-hybridized carbons (Fsp3) is 0.600. The molecule has 28 heavy (non-hydrogen) atoms. The Hall–Kier alpha value is -2.64. The summed E-state index contributed by atoms with van der Waals surface area (Å²) in [7, 11) is 0. The van der Waals surface area contributed by atoms with Crippen LogP contribution in [-0.2, 0) is 10.3 Å². The Balaban J connectivity index is 1.24. The summed E-state index contributed by atoms with van der Waals surface area (Å²) >= 11 is 0. The minimum absolute atomic E-state index is 0.0850. The van der Waals surface area contributed by atoms with Crippen molar-refractivity contribution in [3.05, 3.63) is 30.6 Å². The van der Waals surface area contributed by atoms with Crippen LogP contribution in [0.5, 0.6) is 11.5 Å². The average Bonchev–Trinajstić information content (AvgIpc) is 3.22. The first-order valence-corrected chi connectivity index (χ1v) is 10.1. The van der Waals surface area contributed by atoms with E-state index in [4.69, 9.17) is 9.47 Å². The SMILES string of the molecule is O=C(NC12C[C@H]3C[C@@H](C1)CC(n1ncnn1)(C3)C2)[C@H]1COc2ccccc2O1. The van der Waals surface area contributed by atoms with Crippen molar-refractivity contribution in [2.24, 2.45) is 11.8 Å². The summed E-state index contributed by atoms with van der Waals surface area (Å²) in [6, 6.07) is 7.48. The highest BCUT2D eigenvalue weighted by atomic mass is 16.6. The van der Waals surface area contributed by atoms with Gasteiger partial charge in [0.05, 0.1) is 5.54 Å². The molecule has 0 radical (unpaired) electrons. The number of hydrogen-bond acceptors (Lipinski definition) is 6. The van der Waals surface area contributed by atoms with Crippen molar-refractivity contribution in [3.8, 4) is 11.5 Å². The minimum Gasteiger partial charge on any atom is -0.485 e. The smallest absolute Gasteiger partial charge is 0.265 e. The minimum atomic E-state index is -0.622. The number of benzene rings is 1. The summed E-state index contributed by atoms with van der Waals surface area (Å²) in [5, 5.41) is 15.9. The third kappa shape index (κ3) is 2.43. The predicted molar refractivity (Wildman–Crippen MR) is 97.7 cm³/mol. The Morgan fingerprint density at radius 2 is 1.93 bits per heavy atom. The summed E-state index contributed by atoms with van der Waals surface area (Å²) in [5.41, 5.74) is -0.334. The number of aromatic nitrogens is 4. The molecule has 5 aliphatic rings. The van der Waals surface area contributed by atoms with Crippen molar-refractivity contribution in [3.63, 3.8) is 0 Å². The highest BCUT2D eigenvalue weighted by molar-refractivity contribution is 5.82. The largest absolute Gasteiger partial charge is 0.485 e. The maximum absolute atomic E-state index is 13.1. The number of tetrazole rings is 1. The van der Waals surface area contributed by atoms with Crippen LogP contribution in [0.2, 0.25) is 0 Å². The van der Waals surface area contributed by atoms with Crippen molar-refractivity contribution >= 4 is 5.91 Å². The zero-order valence-electron chi connectivity index (χ0n) is 15.6. The van der Waals surface area contributed by atoms with Gasteiger partial charge in [0, 0.05) is 5.54 Å². The molecule has 1 aromatic heterocycles. The highest BCUT2D eigenvalue weighted by Crippen LogP contribution is 2.60. The van der Waals surface area contributed by atoms with Crippen LogP contribution in [0.25, 0.3) is 0 Å². The maximum atomic E-state index is 13.1. The number of fused-ring (bicyclic) bond motifs is 1. The molecule has 2 aromatic rings. The molecule has 1 aromatic carbocycles. The zero-order valence-corrected chi connectivity index (χ0v) is 15.6. The molecule has 4 aliphatic carbocycles. The second-order valence-corrected chi connectivity index (χ2v) is 9.04. The zero-order chi connectivity index (χ0) is 18.8. The first-order valence-electron chi connectivity index (χ1n) is 10.1. The fourth-order valence-electron chi connectivity index (χ4n) is 6.47. The van der Waals surface area contributed by atoms with Crippen molar-refractivity contribution in [2.45, 2.75) is 55.7 Å². The molecule has 1 amide bonds. The Morgan fingerprint density at radius 1 is 1.14 bits per heavy atom. The molecule has 5 atom stereocenters. The fourth-order valence-corrected chi connectivity index (χ4v) is 6.47. The molecular weight excluding hydrogens is 358 g/mol. The van der Waals surface area contributed by atoms with E-state index in [9.17, 15) is 4.79 Å². The van der Waals surface area contributed by atoms with Crippen molar-refractivity contribution in [2.75, 3.05) is 6.61 Å². The Bertz CT molecular complexity index is 900. The molecule has 8 heteroatoms. The number of amides is 1. The Labute approximate surface area is 162 Å². The van der Waals surface area contributed by atoms with E-state index < -0.39 is 6.10 Å². The van der Waals surface area contributed by atoms with Crippen LogP contribution in [0.1, 0.15) is 38.5 Å². The number of ether oxygens (including phenoxy) is 2. The molecule has 8 nitrogen and oxygen atoms in total. The van der Waals surface area contributed by atoms with E-state index >= 15 is 0 Å². The molecule has 1 N–H and O–H groups in total. The van der Waals surface area contributed by atoms with E-state index in [-0.39, 0.29) is 23.6 Å². The summed E-state index contributed by atoms with van der Waals surface area (Å²) in [6.45, 7) is 0.238. The topological polar surface area (TPSA) is 91.2 Å². The molecule has 4 fully saturated rings. The average molecular weight is 381 g/mol. The number of nitrogens with one attached hydrogen (secondary N) is 1. The number of carbonyl (C=O) groups is 1. The molecule has 7 rings (SSSR count). The Morgan fingerprint density at radius 3 is 2.68 bits per heavy atom. The molecular formula is C20H23N5O3. The van der Waals surface area contributed by atoms with E-state index in [1.54, 1.807) is 0 Å². The van der Waals surface area contributed by atoms with Crippen molar-refractivity contribution in [1.82, 2.24) is 25.5 Å². The van der Waals surface area contributed by atoms with Gasteiger partial charge in [0.2, 0.25) is 6.10 Å². The van der Waals surface area contributed by atoms with Crippen LogP contribution in [-0.4, -0.2) is 44.4 Å². The molecule has 2 heterocycles. The second kappa shape index (κ2) is 5.68. The highest BCUT2D eigenvalue weighted by Gasteiger charge is 2.60. The monoisotopic (exact) mass is 381 g/mol. The second-order valence-electron chi connectivity index (χ2n) is 9.04. The van der Waals surface area contributed by atoms with Gasteiger partial charge in [-0.05, 0) is 67.7 Å². The Kier molecular flexibility index (Phi) is 3.31. The lowest BCUT2D eigenvalue weighted by Gasteiger charge is -2.61. The van der Waals surface area contributed by atoms with Crippen LogP contribution in [0.3, 0.4) is 0 Å². The summed E-state index contributed by atoms with van der Waals surface area (Å²) in [5.74, 6) is 2.42. The normalized spacial score (nSPS) is 37.6. The number of hydrogen-bond donors (Lipinski definition) is 1. The van der Waals surface area contributed by atoms with E-state index in [1.807, 2.05) is 29.1 Å². The van der Waals surface area contributed by atoms with Gasteiger partial charge in [-0.2, -0.15) is 4.80 Å². The van der Waals surface area contributed by atoms with Gasteiger partial charge in [-0.3, -0.25) is 4.79 Å². The van der Waals surface area contributed by atoms with E-state index in [0.29, 0.717) is 23.3 Å². The maximum Gasteiger partial charge on any atom is 0.265 e. The molecule has 4 bridgehead atoms. The van der Waals surface area contributed by atoms with Gasteiger partial charge in [-0.15, -0.1) is 10.2 Å². The van der Waals surface area contributed by atoms with E-state index in [0.717, 1.165) is 32.1 Å². The third-order valence-electron chi connectivity index (χ3n) is 6.99. The van der Waals surface area contributed by atoms with Gasteiger partial charge >= 0.3 is 0 Å². The van der Waals surface area contributed by atoms with Gasteiger partial charge in [0.1, 0.15) is 6.61 Å². The van der Waals surface area contributed by atoms with Crippen LogP contribution in [0.4, 0.5) is 0 Å². The predicted octanol–water partition coefficient (Wildman–Crippen LogP) is 1.68. The molecule has 4 saturated carbocycles. The van der Waals surface area contributed by atoms with Crippen LogP contribution in [0, 0.1) is 11.8 Å². The third-order valence-corrected chi connectivity index (χ3v) is 6.99. The van der Waals surface area contributed by atoms with Crippen LogP contribution >= 0.6 is 0 Å². The van der Waals surface area contributed by atoms with Crippen molar-refractivity contribution < 1.29 is 14.3 Å². The van der Waals surface area contributed by atoms with Crippen LogP contribution in [0.15, 0.2) is 30.6 Å². The first-order chi connectivity index (χ1) is 13.6. The van der Waals surface area contributed by atoms with E-state index in [1.165, 1.54) is 12.7 Å².